The Morgan fingerprint density at radius 1 is 1.03 bits per heavy atom. The van der Waals surface area contributed by atoms with Gasteiger partial charge in [-0.2, -0.15) is 0 Å². The molecule has 0 aromatic heterocycles. The number of para-hydroxylation sites is 1. The van der Waals surface area contributed by atoms with Crippen molar-refractivity contribution in [2.75, 3.05) is 6.54 Å². The van der Waals surface area contributed by atoms with Crippen molar-refractivity contribution in [3.8, 4) is 5.75 Å². The zero-order valence-corrected chi connectivity index (χ0v) is 16.6. The summed E-state index contributed by atoms with van der Waals surface area (Å²) in [5, 5.41) is 41.0. The van der Waals surface area contributed by atoms with Crippen molar-refractivity contribution in [3.63, 3.8) is 0 Å². The van der Waals surface area contributed by atoms with E-state index in [0.29, 0.717) is 6.54 Å². The van der Waals surface area contributed by atoms with Crippen LogP contribution < -0.4 is 11.1 Å². The van der Waals surface area contributed by atoms with E-state index in [-0.39, 0.29) is 24.0 Å². The van der Waals surface area contributed by atoms with Crippen LogP contribution >= 0.6 is 0 Å². The molecule has 0 aliphatic heterocycles. The number of aryl methyl sites for hydroxylation is 1. The van der Waals surface area contributed by atoms with Crippen LogP contribution in [0.5, 0.6) is 5.75 Å². The Balaban J connectivity index is 1.99. The van der Waals surface area contributed by atoms with Gasteiger partial charge < -0.3 is 31.3 Å². The quantitative estimate of drug-likeness (QED) is 0.233. The fourth-order valence-corrected chi connectivity index (χ4v) is 3.14. The Hall–Kier alpha value is -2.88. The van der Waals surface area contributed by atoms with E-state index < -0.39 is 30.7 Å². The van der Waals surface area contributed by atoms with Gasteiger partial charge in [-0.3, -0.25) is 4.79 Å². The highest BCUT2D eigenvalue weighted by Crippen LogP contribution is 2.24. The molecule has 0 spiro atoms. The number of phenols is 1. The number of carboxylic acids is 1. The van der Waals surface area contributed by atoms with Crippen LogP contribution in [-0.2, 0) is 24.1 Å². The van der Waals surface area contributed by atoms with Gasteiger partial charge in [-0.15, -0.1) is 0 Å². The Morgan fingerprint density at radius 2 is 1.70 bits per heavy atom. The highest BCUT2D eigenvalue weighted by atomic mass is 16.4. The minimum atomic E-state index is -1.88. The predicted octanol–water partition coefficient (Wildman–Crippen LogP) is 0.654. The fraction of sp³-hybridized carbons (Fsp3) is 0.333. The average Bonchev–Trinajstić information content (AvgIpc) is 2.70. The molecule has 0 unspecified atom stereocenters. The summed E-state index contributed by atoms with van der Waals surface area (Å²) >= 11 is 0. The molecule has 1 amide bonds. The molecule has 0 bridgehead atoms. The van der Waals surface area contributed by atoms with Gasteiger partial charge in [0.05, 0.1) is 12.4 Å². The third-order valence-electron chi connectivity index (χ3n) is 4.80. The number of carboxylic acid groups (broad SMARTS) is 1. The van der Waals surface area contributed by atoms with Crippen LogP contribution in [0.1, 0.15) is 39.9 Å². The predicted molar refractivity (Wildman–Crippen MR) is 113 cm³/mol. The molecule has 2 rings (SSSR count). The van der Waals surface area contributed by atoms with E-state index in [9.17, 15) is 24.7 Å². The molecule has 0 aliphatic rings. The average molecular weight is 414 g/mol. The molecule has 0 heterocycles. The number of hydrogen-bond acceptors (Lipinski definition) is 6. The molecule has 0 saturated carbocycles. The van der Waals surface area contributed by atoms with Gasteiger partial charge in [0.2, 0.25) is 5.91 Å². The molecule has 9 heteroatoms. The minimum absolute atomic E-state index is 0.0491. The first-order valence-electron chi connectivity index (χ1n) is 9.79. The third-order valence-corrected chi connectivity index (χ3v) is 4.80. The zero-order valence-electron chi connectivity index (χ0n) is 16.6. The second-order valence-corrected chi connectivity index (χ2v) is 7.15. The van der Waals surface area contributed by atoms with Gasteiger partial charge in [0, 0.05) is 0 Å². The Labute approximate surface area is 175 Å². The molecule has 2 aromatic carbocycles. The summed E-state index contributed by atoms with van der Waals surface area (Å²) in [5.74, 6) is -3.29. The summed E-state index contributed by atoms with van der Waals surface area (Å²) in [7, 11) is -1.88. The normalized spacial score (nSPS) is 11.7. The molecule has 2 aromatic rings. The maximum absolute atomic E-state index is 12.4. The Morgan fingerprint density at radius 3 is 2.30 bits per heavy atom. The van der Waals surface area contributed by atoms with Crippen LogP contribution in [0.25, 0.3) is 0 Å². The summed E-state index contributed by atoms with van der Waals surface area (Å²) in [6, 6.07) is 11.8. The monoisotopic (exact) mass is 414 g/mol. The van der Waals surface area contributed by atoms with E-state index in [0.717, 1.165) is 30.4 Å². The molecule has 0 aliphatic carbocycles. The van der Waals surface area contributed by atoms with Crippen LogP contribution in [-0.4, -0.2) is 51.7 Å². The number of hydrogen-bond donors (Lipinski definition) is 6. The van der Waals surface area contributed by atoms with Gasteiger partial charge in [0.15, 0.2) is 0 Å². The van der Waals surface area contributed by atoms with Gasteiger partial charge in [0.25, 0.3) is 0 Å². The van der Waals surface area contributed by atoms with Crippen LogP contribution in [0, 0.1) is 0 Å². The van der Waals surface area contributed by atoms with Gasteiger partial charge >= 0.3 is 13.1 Å². The topological polar surface area (TPSA) is 153 Å². The van der Waals surface area contributed by atoms with Gasteiger partial charge in [0.1, 0.15) is 11.3 Å². The number of aromatic hydroxyl groups is 1. The smallest absolute Gasteiger partial charge is 0.475 e. The number of nitrogens with one attached hydrogen (secondary N) is 1. The number of rotatable bonds is 11. The molecule has 0 fully saturated rings. The third kappa shape index (κ3) is 6.87. The molecule has 160 valence electrons. The second-order valence-electron chi connectivity index (χ2n) is 7.15. The number of nitrogens with two attached hydrogens (primary N) is 1. The van der Waals surface area contributed by atoms with E-state index in [1.54, 1.807) is 0 Å². The fourth-order valence-electron chi connectivity index (χ4n) is 3.14. The number of unbranched alkanes of at least 4 members (excludes halogenated alkanes) is 1. The summed E-state index contributed by atoms with van der Waals surface area (Å²) < 4.78 is 0. The molecule has 1 atom stereocenters. The standard InChI is InChI=1S/C21H27BN2O6/c23-11-2-1-4-14-7-9-15(10-8-14)12-19(25)24-18(22(29)30)13-16-5-3-6-17(20(16)26)21(27)28/h3,5-10,18,26,29-30H,1-2,4,11-13,23H2,(H,24,25)(H,27,28)/t18-/m0/s1. The van der Waals surface area contributed by atoms with Crippen molar-refractivity contribution < 1.29 is 29.9 Å². The SMILES string of the molecule is NCCCCc1ccc(CC(=O)N[C@@H](Cc2cccc(C(=O)O)c2O)B(O)O)cc1. The summed E-state index contributed by atoms with van der Waals surface area (Å²) in [6.07, 6.45) is 2.79. The Bertz CT molecular complexity index is 857. The second kappa shape index (κ2) is 11.3. The molecule has 30 heavy (non-hydrogen) atoms. The number of carbonyl (C=O) groups excluding carboxylic acids is 1. The lowest BCUT2D eigenvalue weighted by atomic mass is 9.75. The summed E-state index contributed by atoms with van der Waals surface area (Å²) in [4.78, 5) is 23.5. The van der Waals surface area contributed by atoms with E-state index in [1.807, 2.05) is 24.3 Å². The minimum Gasteiger partial charge on any atom is -0.507 e. The number of aromatic carboxylic acids is 1. The van der Waals surface area contributed by atoms with E-state index in [2.05, 4.69) is 5.32 Å². The summed E-state index contributed by atoms with van der Waals surface area (Å²) in [5.41, 5.74) is 7.32. The van der Waals surface area contributed by atoms with Crippen molar-refractivity contribution in [2.24, 2.45) is 5.73 Å². The van der Waals surface area contributed by atoms with E-state index >= 15 is 0 Å². The van der Waals surface area contributed by atoms with Crippen molar-refractivity contribution in [1.29, 1.82) is 0 Å². The molecule has 7 N–H and O–H groups in total. The lowest BCUT2D eigenvalue weighted by Gasteiger charge is -2.19. The first kappa shape index (κ1) is 23.4. The van der Waals surface area contributed by atoms with Crippen molar-refractivity contribution in [2.45, 2.75) is 38.0 Å². The Kier molecular flexibility index (Phi) is 8.85. The number of benzene rings is 2. The lowest BCUT2D eigenvalue weighted by molar-refractivity contribution is -0.120. The van der Waals surface area contributed by atoms with E-state index in [4.69, 9.17) is 10.8 Å². The van der Waals surface area contributed by atoms with Crippen molar-refractivity contribution in [3.05, 3.63) is 64.7 Å². The van der Waals surface area contributed by atoms with Crippen LogP contribution in [0.4, 0.5) is 0 Å². The van der Waals surface area contributed by atoms with Gasteiger partial charge in [-0.25, -0.2) is 4.79 Å². The van der Waals surface area contributed by atoms with Crippen molar-refractivity contribution >= 4 is 19.0 Å². The number of amides is 1. The van der Waals surface area contributed by atoms with E-state index in [1.165, 1.54) is 18.2 Å². The van der Waals surface area contributed by atoms with Gasteiger partial charge in [-0.1, -0.05) is 36.4 Å². The molecular formula is C21H27BN2O6. The van der Waals surface area contributed by atoms with Crippen molar-refractivity contribution in [1.82, 2.24) is 5.32 Å². The highest BCUT2D eigenvalue weighted by molar-refractivity contribution is 6.43. The molecule has 0 saturated heterocycles. The first-order chi connectivity index (χ1) is 14.3. The van der Waals surface area contributed by atoms with Crippen LogP contribution in [0.15, 0.2) is 42.5 Å². The zero-order chi connectivity index (χ0) is 22.1. The summed E-state index contributed by atoms with van der Waals surface area (Å²) in [6.45, 7) is 0.661. The van der Waals surface area contributed by atoms with Gasteiger partial charge in [-0.05, 0) is 55.0 Å². The maximum Gasteiger partial charge on any atom is 0.475 e. The lowest BCUT2D eigenvalue weighted by Crippen LogP contribution is -2.48. The number of carbonyl (C=O) groups is 2. The molecule has 0 radical (unpaired) electrons. The maximum atomic E-state index is 12.4. The molecular weight excluding hydrogens is 387 g/mol. The van der Waals surface area contributed by atoms with Crippen LogP contribution in [0.2, 0.25) is 0 Å². The van der Waals surface area contributed by atoms with Crippen LogP contribution in [0.3, 0.4) is 0 Å². The highest BCUT2D eigenvalue weighted by Gasteiger charge is 2.27. The first-order valence-corrected chi connectivity index (χ1v) is 9.79. The molecule has 8 nitrogen and oxygen atoms in total. The largest absolute Gasteiger partial charge is 0.507 e.